The van der Waals surface area contributed by atoms with Crippen molar-refractivity contribution in [1.29, 1.82) is 0 Å². The molecule has 1 saturated heterocycles. The van der Waals surface area contributed by atoms with E-state index in [1.165, 1.54) is 0 Å². The van der Waals surface area contributed by atoms with Crippen molar-refractivity contribution in [2.24, 2.45) is 11.7 Å². The molecule has 0 saturated carbocycles. The van der Waals surface area contributed by atoms with Gasteiger partial charge in [0.15, 0.2) is 5.78 Å². The van der Waals surface area contributed by atoms with E-state index in [0.717, 1.165) is 6.42 Å². The second kappa shape index (κ2) is 7.30. The summed E-state index contributed by atoms with van der Waals surface area (Å²) in [6, 6.07) is 15.7. The summed E-state index contributed by atoms with van der Waals surface area (Å²) in [5.41, 5.74) is 6.67. The second-order valence-electron chi connectivity index (χ2n) is 6.23. The van der Waals surface area contributed by atoms with Crippen molar-refractivity contribution in [1.82, 2.24) is 4.90 Å². The molecule has 0 aliphatic carbocycles. The maximum Gasteiger partial charge on any atom is 0.254 e. The van der Waals surface area contributed by atoms with Gasteiger partial charge in [-0.15, -0.1) is 0 Å². The number of piperidine rings is 1. The Bertz CT molecular complexity index is 802. The molecule has 2 aromatic carbocycles. The molecule has 1 aliphatic heterocycles. The average molecular weight is 336 g/mol. The molecule has 0 bridgehead atoms. The molecule has 2 amide bonds. The lowest BCUT2D eigenvalue weighted by atomic mass is 9.94. The molecule has 1 aliphatic rings. The molecule has 25 heavy (non-hydrogen) atoms. The van der Waals surface area contributed by atoms with Crippen molar-refractivity contribution in [3.8, 4) is 0 Å². The Kier molecular flexibility index (Phi) is 4.93. The number of hydrogen-bond acceptors (Lipinski definition) is 3. The molecule has 0 aromatic heterocycles. The molecular weight excluding hydrogens is 316 g/mol. The van der Waals surface area contributed by atoms with E-state index in [2.05, 4.69) is 0 Å². The Morgan fingerprint density at radius 1 is 0.920 bits per heavy atom. The third-order valence-electron chi connectivity index (χ3n) is 4.55. The van der Waals surface area contributed by atoms with Crippen LogP contribution in [0.3, 0.4) is 0 Å². The van der Waals surface area contributed by atoms with Crippen LogP contribution in [0.25, 0.3) is 0 Å². The highest BCUT2D eigenvalue weighted by Gasteiger charge is 2.29. The first-order chi connectivity index (χ1) is 12.1. The fourth-order valence-corrected chi connectivity index (χ4v) is 3.18. The van der Waals surface area contributed by atoms with Gasteiger partial charge in [0.05, 0.1) is 11.5 Å². The molecular formula is C20H20N2O3. The number of benzene rings is 2. The Morgan fingerprint density at radius 2 is 1.56 bits per heavy atom. The quantitative estimate of drug-likeness (QED) is 0.870. The normalized spacial score (nSPS) is 17.1. The van der Waals surface area contributed by atoms with Gasteiger partial charge in [-0.25, -0.2) is 0 Å². The Labute approximate surface area is 146 Å². The first-order valence-corrected chi connectivity index (χ1v) is 8.35. The average Bonchev–Trinajstić information content (AvgIpc) is 2.67. The van der Waals surface area contributed by atoms with Crippen LogP contribution in [0.15, 0.2) is 54.6 Å². The summed E-state index contributed by atoms with van der Waals surface area (Å²) in [5.74, 6) is -1.13. The van der Waals surface area contributed by atoms with Gasteiger partial charge in [0.25, 0.3) is 5.91 Å². The highest BCUT2D eigenvalue weighted by atomic mass is 16.2. The van der Waals surface area contributed by atoms with Crippen molar-refractivity contribution in [3.05, 3.63) is 71.3 Å². The predicted octanol–water partition coefficient (Wildman–Crippen LogP) is 2.26. The summed E-state index contributed by atoms with van der Waals surface area (Å²) in [6.45, 7) is 0.874. The van der Waals surface area contributed by atoms with Gasteiger partial charge >= 0.3 is 0 Å². The molecule has 5 nitrogen and oxygen atoms in total. The SMILES string of the molecule is NC(=O)C1CCCN(C(=O)c2ccccc2C(=O)c2ccccc2)C1. The minimum Gasteiger partial charge on any atom is -0.369 e. The van der Waals surface area contributed by atoms with E-state index in [9.17, 15) is 14.4 Å². The van der Waals surface area contributed by atoms with Gasteiger partial charge in [-0.3, -0.25) is 14.4 Å². The van der Waals surface area contributed by atoms with Crippen LogP contribution in [0.5, 0.6) is 0 Å². The zero-order valence-electron chi connectivity index (χ0n) is 13.9. The van der Waals surface area contributed by atoms with Crippen LogP contribution in [0.1, 0.15) is 39.1 Å². The fourth-order valence-electron chi connectivity index (χ4n) is 3.18. The van der Waals surface area contributed by atoms with Crippen molar-refractivity contribution in [2.45, 2.75) is 12.8 Å². The molecule has 2 N–H and O–H groups in total. The van der Waals surface area contributed by atoms with E-state index < -0.39 is 0 Å². The number of primary amides is 1. The van der Waals surface area contributed by atoms with E-state index in [-0.39, 0.29) is 23.5 Å². The molecule has 5 heteroatoms. The number of amides is 2. The fraction of sp³-hybridized carbons (Fsp3) is 0.250. The van der Waals surface area contributed by atoms with Crippen LogP contribution in [0.4, 0.5) is 0 Å². The Hall–Kier alpha value is -2.95. The van der Waals surface area contributed by atoms with Crippen molar-refractivity contribution < 1.29 is 14.4 Å². The number of hydrogen-bond donors (Lipinski definition) is 1. The topological polar surface area (TPSA) is 80.5 Å². The van der Waals surface area contributed by atoms with Crippen LogP contribution in [-0.4, -0.2) is 35.6 Å². The van der Waals surface area contributed by atoms with E-state index in [4.69, 9.17) is 5.73 Å². The van der Waals surface area contributed by atoms with Gasteiger partial charge in [0.2, 0.25) is 5.91 Å². The number of rotatable bonds is 4. The number of ketones is 1. The minimum atomic E-state index is -0.383. The second-order valence-corrected chi connectivity index (χ2v) is 6.23. The maximum absolute atomic E-state index is 12.9. The minimum absolute atomic E-state index is 0.187. The van der Waals surface area contributed by atoms with Crippen molar-refractivity contribution >= 4 is 17.6 Å². The Balaban J connectivity index is 1.89. The lowest BCUT2D eigenvalue weighted by Gasteiger charge is -2.31. The summed E-state index contributed by atoms with van der Waals surface area (Å²) >= 11 is 0. The number of carbonyl (C=O) groups excluding carboxylic acids is 3. The highest BCUT2D eigenvalue weighted by molar-refractivity contribution is 6.15. The van der Waals surface area contributed by atoms with E-state index in [1.54, 1.807) is 53.4 Å². The summed E-state index contributed by atoms with van der Waals surface area (Å²) < 4.78 is 0. The molecule has 1 atom stereocenters. The molecule has 1 fully saturated rings. The van der Waals surface area contributed by atoms with Gasteiger partial charge < -0.3 is 10.6 Å². The molecule has 3 rings (SSSR count). The smallest absolute Gasteiger partial charge is 0.254 e. The van der Waals surface area contributed by atoms with Gasteiger partial charge in [-0.1, -0.05) is 48.5 Å². The summed E-state index contributed by atoms with van der Waals surface area (Å²) in [6.07, 6.45) is 1.43. The third-order valence-corrected chi connectivity index (χ3v) is 4.55. The van der Waals surface area contributed by atoms with Gasteiger partial charge in [0.1, 0.15) is 0 Å². The van der Waals surface area contributed by atoms with Crippen LogP contribution >= 0.6 is 0 Å². The molecule has 0 radical (unpaired) electrons. The first-order valence-electron chi connectivity index (χ1n) is 8.35. The first kappa shape index (κ1) is 16.9. The van der Waals surface area contributed by atoms with Crippen molar-refractivity contribution in [3.63, 3.8) is 0 Å². The number of nitrogens with two attached hydrogens (primary N) is 1. The summed E-state index contributed by atoms with van der Waals surface area (Å²) in [5, 5.41) is 0. The van der Waals surface area contributed by atoms with E-state index in [0.29, 0.717) is 36.2 Å². The van der Waals surface area contributed by atoms with Gasteiger partial charge in [-0.2, -0.15) is 0 Å². The summed E-state index contributed by atoms with van der Waals surface area (Å²) in [4.78, 5) is 38.8. The molecule has 2 aromatic rings. The van der Waals surface area contributed by atoms with Crippen LogP contribution in [0, 0.1) is 5.92 Å². The number of likely N-dealkylation sites (tertiary alicyclic amines) is 1. The lowest BCUT2D eigenvalue weighted by molar-refractivity contribution is -0.123. The largest absolute Gasteiger partial charge is 0.369 e. The van der Waals surface area contributed by atoms with Gasteiger partial charge in [-0.05, 0) is 18.9 Å². The molecule has 1 unspecified atom stereocenters. The Morgan fingerprint density at radius 3 is 2.24 bits per heavy atom. The zero-order valence-corrected chi connectivity index (χ0v) is 13.9. The van der Waals surface area contributed by atoms with Crippen LogP contribution in [-0.2, 0) is 4.79 Å². The standard InChI is InChI=1S/C20H20N2O3/c21-19(24)15-9-6-12-22(13-15)20(25)17-11-5-4-10-16(17)18(23)14-7-2-1-3-8-14/h1-5,7-8,10-11,15H,6,9,12-13H2,(H2,21,24). The van der Waals surface area contributed by atoms with E-state index in [1.807, 2.05) is 6.07 Å². The van der Waals surface area contributed by atoms with Crippen LogP contribution in [0.2, 0.25) is 0 Å². The molecule has 1 heterocycles. The van der Waals surface area contributed by atoms with Crippen molar-refractivity contribution in [2.75, 3.05) is 13.1 Å². The van der Waals surface area contributed by atoms with Gasteiger partial charge in [0, 0.05) is 24.2 Å². The molecule has 0 spiro atoms. The maximum atomic E-state index is 12.9. The number of carbonyl (C=O) groups is 3. The van der Waals surface area contributed by atoms with E-state index >= 15 is 0 Å². The van der Waals surface area contributed by atoms with Crippen LogP contribution < -0.4 is 5.73 Å². The zero-order chi connectivity index (χ0) is 17.8. The summed E-state index contributed by atoms with van der Waals surface area (Å²) in [7, 11) is 0. The monoisotopic (exact) mass is 336 g/mol. The number of nitrogens with zero attached hydrogens (tertiary/aromatic N) is 1. The predicted molar refractivity (Wildman–Crippen MR) is 94.1 cm³/mol. The highest BCUT2D eigenvalue weighted by Crippen LogP contribution is 2.21. The molecule has 128 valence electrons. The third kappa shape index (κ3) is 3.60. The lowest BCUT2D eigenvalue weighted by Crippen LogP contribution is -2.44.